The van der Waals surface area contributed by atoms with Crippen molar-refractivity contribution in [1.82, 2.24) is 5.32 Å². The summed E-state index contributed by atoms with van der Waals surface area (Å²) >= 11 is 7.14. The molecule has 1 aromatic heterocycles. The van der Waals surface area contributed by atoms with Crippen molar-refractivity contribution < 1.29 is 4.79 Å². The van der Waals surface area contributed by atoms with E-state index >= 15 is 0 Å². The zero-order chi connectivity index (χ0) is 8.97. The average Bonchev–Trinajstić information content (AvgIpc) is 2.47. The largest absolute Gasteiger partial charge is 0.350 e. The summed E-state index contributed by atoms with van der Waals surface area (Å²) in [5, 5.41) is 2.65. The van der Waals surface area contributed by atoms with Crippen molar-refractivity contribution in [2.75, 3.05) is 6.54 Å². The SMILES string of the molecule is Cl.NCC(=O)NCc1ccc(Cl)s1. The van der Waals surface area contributed by atoms with Crippen LogP contribution in [0.5, 0.6) is 0 Å². The van der Waals surface area contributed by atoms with E-state index in [0.717, 1.165) is 9.21 Å². The number of nitrogens with two attached hydrogens (primary N) is 1. The maximum absolute atomic E-state index is 10.7. The predicted molar refractivity (Wildman–Crippen MR) is 57.5 cm³/mol. The maximum Gasteiger partial charge on any atom is 0.234 e. The summed E-state index contributed by atoms with van der Waals surface area (Å²) in [6, 6.07) is 3.68. The van der Waals surface area contributed by atoms with Gasteiger partial charge in [0.05, 0.1) is 17.4 Å². The molecule has 3 N–H and O–H groups in total. The molecule has 0 aromatic carbocycles. The molecule has 3 nitrogen and oxygen atoms in total. The maximum atomic E-state index is 10.7. The van der Waals surface area contributed by atoms with Crippen molar-refractivity contribution in [2.24, 2.45) is 5.73 Å². The molecule has 1 aromatic rings. The molecule has 0 bridgehead atoms. The van der Waals surface area contributed by atoms with Crippen LogP contribution < -0.4 is 11.1 Å². The minimum Gasteiger partial charge on any atom is -0.350 e. The van der Waals surface area contributed by atoms with Crippen molar-refractivity contribution in [3.63, 3.8) is 0 Å². The lowest BCUT2D eigenvalue weighted by molar-refractivity contribution is -0.119. The van der Waals surface area contributed by atoms with Crippen LogP contribution in [-0.4, -0.2) is 12.5 Å². The van der Waals surface area contributed by atoms with E-state index in [2.05, 4.69) is 5.32 Å². The van der Waals surface area contributed by atoms with Crippen molar-refractivity contribution in [2.45, 2.75) is 6.54 Å². The van der Waals surface area contributed by atoms with Gasteiger partial charge in [-0.3, -0.25) is 4.79 Å². The van der Waals surface area contributed by atoms with Crippen LogP contribution in [0.2, 0.25) is 4.34 Å². The van der Waals surface area contributed by atoms with Gasteiger partial charge in [-0.05, 0) is 12.1 Å². The molecule has 0 aliphatic rings. The fraction of sp³-hybridized carbons (Fsp3) is 0.286. The van der Waals surface area contributed by atoms with Crippen LogP contribution in [0.15, 0.2) is 12.1 Å². The molecule has 74 valence electrons. The third-order valence-corrected chi connectivity index (χ3v) is 2.51. The molecule has 6 heteroatoms. The summed E-state index contributed by atoms with van der Waals surface area (Å²) in [5.74, 6) is -0.153. The van der Waals surface area contributed by atoms with Crippen LogP contribution in [-0.2, 0) is 11.3 Å². The van der Waals surface area contributed by atoms with E-state index in [-0.39, 0.29) is 24.9 Å². The summed E-state index contributed by atoms with van der Waals surface area (Å²) in [6.07, 6.45) is 0. The molecule has 13 heavy (non-hydrogen) atoms. The van der Waals surface area contributed by atoms with Gasteiger partial charge in [-0.15, -0.1) is 23.7 Å². The second-order valence-electron chi connectivity index (χ2n) is 2.19. The quantitative estimate of drug-likeness (QED) is 0.840. The number of amides is 1. The lowest BCUT2D eigenvalue weighted by atomic mass is 10.4. The molecule has 1 heterocycles. The van der Waals surface area contributed by atoms with E-state index in [0.29, 0.717) is 6.54 Å². The standard InChI is InChI=1S/C7H9ClN2OS.ClH/c8-6-2-1-5(12-6)4-10-7(11)3-9;/h1-2H,3-4,9H2,(H,10,11);1H. The van der Waals surface area contributed by atoms with Crippen LogP contribution in [0.4, 0.5) is 0 Å². The molecule has 1 amide bonds. The number of hydrogen-bond acceptors (Lipinski definition) is 3. The Hall–Kier alpha value is -0.290. The van der Waals surface area contributed by atoms with Gasteiger partial charge in [0.2, 0.25) is 5.91 Å². The van der Waals surface area contributed by atoms with Gasteiger partial charge in [-0.25, -0.2) is 0 Å². The molecule has 0 saturated heterocycles. The molecular formula is C7H10Cl2N2OS. The summed E-state index contributed by atoms with van der Waals surface area (Å²) in [7, 11) is 0. The van der Waals surface area contributed by atoms with E-state index in [1.165, 1.54) is 11.3 Å². The number of carbonyl (C=O) groups excluding carboxylic acids is 1. The van der Waals surface area contributed by atoms with Crippen LogP contribution >= 0.6 is 35.3 Å². The number of nitrogens with one attached hydrogen (secondary N) is 1. The van der Waals surface area contributed by atoms with Gasteiger partial charge in [0, 0.05) is 4.88 Å². The monoisotopic (exact) mass is 240 g/mol. The molecule has 0 spiro atoms. The van der Waals surface area contributed by atoms with E-state index in [4.69, 9.17) is 17.3 Å². The third-order valence-electron chi connectivity index (χ3n) is 1.27. The summed E-state index contributed by atoms with van der Waals surface area (Å²) in [5.41, 5.74) is 5.11. The number of thiophene rings is 1. The number of hydrogen-bond donors (Lipinski definition) is 2. The van der Waals surface area contributed by atoms with Crippen LogP contribution in [0, 0.1) is 0 Å². The first kappa shape index (κ1) is 12.7. The Labute approximate surface area is 91.7 Å². The Morgan fingerprint density at radius 3 is 2.77 bits per heavy atom. The zero-order valence-electron chi connectivity index (χ0n) is 6.75. The Kier molecular flexibility index (Phi) is 6.07. The fourth-order valence-corrected chi connectivity index (χ4v) is 1.73. The van der Waals surface area contributed by atoms with E-state index in [9.17, 15) is 4.79 Å². The van der Waals surface area contributed by atoms with Crippen molar-refractivity contribution >= 4 is 41.3 Å². The fourth-order valence-electron chi connectivity index (χ4n) is 0.705. The second-order valence-corrected chi connectivity index (χ2v) is 3.99. The number of carbonyl (C=O) groups is 1. The summed E-state index contributed by atoms with van der Waals surface area (Å²) in [6.45, 7) is 0.534. The average molecular weight is 241 g/mol. The van der Waals surface area contributed by atoms with Crippen LogP contribution in [0.25, 0.3) is 0 Å². The first-order chi connectivity index (χ1) is 5.72. The van der Waals surface area contributed by atoms with Crippen molar-refractivity contribution in [3.05, 3.63) is 21.3 Å². The van der Waals surface area contributed by atoms with E-state index in [1.807, 2.05) is 6.07 Å². The number of rotatable bonds is 3. The first-order valence-electron chi connectivity index (χ1n) is 3.43. The van der Waals surface area contributed by atoms with Crippen molar-refractivity contribution in [3.8, 4) is 0 Å². The summed E-state index contributed by atoms with van der Waals surface area (Å²) in [4.78, 5) is 11.8. The Morgan fingerprint density at radius 1 is 1.62 bits per heavy atom. The highest BCUT2D eigenvalue weighted by Crippen LogP contribution is 2.20. The van der Waals surface area contributed by atoms with Gasteiger partial charge in [-0.1, -0.05) is 11.6 Å². The minimum atomic E-state index is -0.153. The molecule has 0 atom stereocenters. The highest BCUT2D eigenvalue weighted by Gasteiger charge is 1.99. The van der Waals surface area contributed by atoms with Gasteiger partial charge in [-0.2, -0.15) is 0 Å². The highest BCUT2D eigenvalue weighted by molar-refractivity contribution is 7.16. The smallest absolute Gasteiger partial charge is 0.234 e. The molecule has 0 radical (unpaired) electrons. The Morgan fingerprint density at radius 2 is 2.31 bits per heavy atom. The third kappa shape index (κ3) is 4.47. The van der Waals surface area contributed by atoms with Gasteiger partial charge < -0.3 is 11.1 Å². The predicted octanol–water partition coefficient (Wildman–Crippen LogP) is 1.40. The van der Waals surface area contributed by atoms with Crippen LogP contribution in [0.3, 0.4) is 0 Å². The first-order valence-corrected chi connectivity index (χ1v) is 4.63. The highest BCUT2D eigenvalue weighted by atomic mass is 35.5. The van der Waals surface area contributed by atoms with Gasteiger partial charge >= 0.3 is 0 Å². The van der Waals surface area contributed by atoms with Crippen LogP contribution in [0.1, 0.15) is 4.88 Å². The molecular weight excluding hydrogens is 231 g/mol. The second kappa shape index (κ2) is 6.21. The van der Waals surface area contributed by atoms with Gasteiger partial charge in [0.15, 0.2) is 0 Å². The topological polar surface area (TPSA) is 55.1 Å². The molecule has 0 fully saturated rings. The van der Waals surface area contributed by atoms with Gasteiger partial charge in [0.25, 0.3) is 0 Å². The lowest BCUT2D eigenvalue weighted by Crippen LogP contribution is -2.29. The molecule has 0 unspecified atom stereocenters. The van der Waals surface area contributed by atoms with Gasteiger partial charge in [0.1, 0.15) is 0 Å². The number of halogens is 2. The zero-order valence-corrected chi connectivity index (χ0v) is 9.14. The van der Waals surface area contributed by atoms with Crippen molar-refractivity contribution in [1.29, 1.82) is 0 Å². The van der Waals surface area contributed by atoms with E-state index in [1.54, 1.807) is 6.07 Å². The molecule has 0 aliphatic heterocycles. The van der Waals surface area contributed by atoms with E-state index < -0.39 is 0 Å². The Bertz CT molecular complexity index is 277. The molecule has 1 rings (SSSR count). The Balaban J connectivity index is 0.00000144. The lowest BCUT2D eigenvalue weighted by Gasteiger charge is -1.99. The minimum absolute atomic E-state index is 0. The summed E-state index contributed by atoms with van der Waals surface area (Å²) < 4.78 is 0.729. The molecule has 0 aliphatic carbocycles. The molecule has 0 saturated carbocycles. The normalized spacial score (nSPS) is 9.08.